The fourth-order valence-corrected chi connectivity index (χ4v) is 7.24. The van der Waals surface area contributed by atoms with E-state index in [4.69, 9.17) is 26.2 Å². The van der Waals surface area contributed by atoms with Gasteiger partial charge in [-0.15, -0.1) is 11.6 Å². The maximum Gasteiger partial charge on any atom is 0.274 e. The number of hydrogen-bond acceptors (Lipinski definition) is 7. The van der Waals surface area contributed by atoms with Crippen molar-refractivity contribution in [3.63, 3.8) is 0 Å². The number of aromatic nitrogens is 2. The summed E-state index contributed by atoms with van der Waals surface area (Å²) in [6, 6.07) is 5.24. The van der Waals surface area contributed by atoms with E-state index in [1.165, 1.54) is 7.11 Å². The first kappa shape index (κ1) is 23.6. The zero-order chi connectivity index (χ0) is 23.9. The summed E-state index contributed by atoms with van der Waals surface area (Å²) in [7, 11) is -2.25. The van der Waals surface area contributed by atoms with Gasteiger partial charge in [0.15, 0.2) is 15.5 Å². The number of benzene rings is 1. The van der Waals surface area contributed by atoms with Crippen LogP contribution in [0.5, 0.6) is 5.75 Å². The van der Waals surface area contributed by atoms with E-state index >= 15 is 0 Å². The second-order valence-corrected chi connectivity index (χ2v) is 11.2. The number of hydrogen-bond donors (Lipinski definition) is 0. The summed E-state index contributed by atoms with van der Waals surface area (Å²) in [5, 5.41) is 4.82. The third-order valence-electron chi connectivity index (χ3n) is 6.84. The number of fused-ring (bicyclic) bond motifs is 3. The molecule has 184 valence electrons. The predicted octanol–water partition coefficient (Wildman–Crippen LogP) is 2.19. The zero-order valence-corrected chi connectivity index (χ0v) is 20.8. The largest absolute Gasteiger partial charge is 0.495 e. The predicted molar refractivity (Wildman–Crippen MR) is 127 cm³/mol. The monoisotopic (exact) mass is 508 g/mol. The van der Waals surface area contributed by atoms with Crippen molar-refractivity contribution in [3.05, 3.63) is 29.5 Å². The lowest BCUT2D eigenvalue weighted by molar-refractivity contribution is 0.0297. The van der Waals surface area contributed by atoms with Crippen molar-refractivity contribution >= 4 is 27.3 Å². The van der Waals surface area contributed by atoms with Crippen LogP contribution in [0.4, 0.5) is 0 Å². The highest BCUT2D eigenvalue weighted by molar-refractivity contribution is 7.91. The van der Waals surface area contributed by atoms with Crippen LogP contribution in [0.1, 0.15) is 34.9 Å². The smallest absolute Gasteiger partial charge is 0.274 e. The lowest BCUT2D eigenvalue weighted by atomic mass is 10.0. The first-order chi connectivity index (χ1) is 16.4. The van der Waals surface area contributed by atoms with Crippen LogP contribution >= 0.6 is 11.6 Å². The topological polar surface area (TPSA) is 94.0 Å². The van der Waals surface area contributed by atoms with E-state index in [0.717, 1.165) is 32.5 Å². The molecule has 1 amide bonds. The average Bonchev–Trinajstić information content (AvgIpc) is 3.22. The van der Waals surface area contributed by atoms with Gasteiger partial charge in [-0.25, -0.2) is 8.42 Å². The van der Waals surface area contributed by atoms with Crippen molar-refractivity contribution in [2.24, 2.45) is 0 Å². The maximum atomic E-state index is 13.5. The van der Waals surface area contributed by atoms with Crippen molar-refractivity contribution in [2.75, 3.05) is 58.9 Å². The summed E-state index contributed by atoms with van der Waals surface area (Å²) in [5.41, 5.74) is 1.96. The van der Waals surface area contributed by atoms with Gasteiger partial charge in [-0.1, -0.05) is 12.1 Å². The quantitative estimate of drug-likeness (QED) is 0.571. The Morgan fingerprint density at radius 3 is 2.79 bits per heavy atom. The van der Waals surface area contributed by atoms with Gasteiger partial charge in [0, 0.05) is 43.2 Å². The molecule has 3 aliphatic heterocycles. The summed E-state index contributed by atoms with van der Waals surface area (Å²) in [6.07, 6.45) is 1.87. The van der Waals surface area contributed by atoms with Crippen molar-refractivity contribution in [1.29, 1.82) is 0 Å². The molecule has 1 aromatic heterocycles. The highest BCUT2D eigenvalue weighted by Crippen LogP contribution is 2.45. The number of halogens is 1. The molecule has 1 atom stereocenters. The van der Waals surface area contributed by atoms with Gasteiger partial charge in [-0.05, 0) is 25.5 Å². The van der Waals surface area contributed by atoms with E-state index in [1.54, 1.807) is 23.1 Å². The number of likely N-dealkylation sites (tertiary alicyclic amines) is 1. The SMILES string of the molecule is COc1cccc2c1S(=O)(=O)Cc1c(C(=O)N3CCOCC3)nn(C3CCCN(CCCl)C3)c1-2. The minimum absolute atomic E-state index is 0.0109. The Balaban J connectivity index is 1.67. The maximum absolute atomic E-state index is 13.5. The Kier molecular flexibility index (Phi) is 6.58. The fourth-order valence-electron chi connectivity index (χ4n) is 5.24. The molecule has 3 aliphatic rings. The summed E-state index contributed by atoms with van der Waals surface area (Å²) < 4.78 is 39.5. The number of amides is 1. The number of methoxy groups -OCH3 is 1. The van der Waals surface area contributed by atoms with E-state index in [1.807, 2.05) is 4.68 Å². The summed E-state index contributed by atoms with van der Waals surface area (Å²) in [5.74, 6) is 0.333. The number of piperidine rings is 1. The van der Waals surface area contributed by atoms with Gasteiger partial charge in [0.25, 0.3) is 5.91 Å². The van der Waals surface area contributed by atoms with E-state index in [9.17, 15) is 13.2 Å². The van der Waals surface area contributed by atoms with Gasteiger partial charge < -0.3 is 19.3 Å². The minimum Gasteiger partial charge on any atom is -0.495 e. The van der Waals surface area contributed by atoms with Crippen molar-refractivity contribution in [2.45, 2.75) is 29.5 Å². The van der Waals surface area contributed by atoms with E-state index in [0.29, 0.717) is 54.8 Å². The zero-order valence-electron chi connectivity index (χ0n) is 19.2. The molecule has 34 heavy (non-hydrogen) atoms. The number of alkyl halides is 1. The van der Waals surface area contributed by atoms with Gasteiger partial charge in [0.1, 0.15) is 10.6 Å². The number of ether oxygens (including phenoxy) is 2. The molecule has 11 heteroatoms. The molecule has 2 aromatic rings. The second-order valence-electron chi connectivity index (χ2n) is 8.91. The standard InChI is InChI=1S/C23H29ClN4O5S/c1-32-19-6-2-5-17-21-18(15-34(30,31)22(17)19)20(23(29)27-10-12-33-13-11-27)25-28(21)16-4-3-8-26(14-16)9-7-24/h2,5-6,16H,3-4,7-15H2,1H3. The summed E-state index contributed by atoms with van der Waals surface area (Å²) >= 11 is 6.00. The van der Waals surface area contributed by atoms with Crippen LogP contribution < -0.4 is 4.74 Å². The van der Waals surface area contributed by atoms with Crippen LogP contribution in [-0.2, 0) is 20.3 Å². The number of carbonyl (C=O) groups excluding carboxylic acids is 1. The van der Waals surface area contributed by atoms with Gasteiger partial charge >= 0.3 is 0 Å². The number of morpholine rings is 1. The van der Waals surface area contributed by atoms with Crippen LogP contribution in [0.3, 0.4) is 0 Å². The van der Waals surface area contributed by atoms with Crippen LogP contribution in [0.2, 0.25) is 0 Å². The lowest BCUT2D eigenvalue weighted by Crippen LogP contribution is -2.41. The normalized spacial score (nSPS) is 22.2. The molecule has 9 nitrogen and oxygen atoms in total. The molecular weight excluding hydrogens is 480 g/mol. The van der Waals surface area contributed by atoms with Gasteiger partial charge in [0.05, 0.1) is 37.8 Å². The summed E-state index contributed by atoms with van der Waals surface area (Å²) in [6.45, 7) is 4.34. The first-order valence-corrected chi connectivity index (χ1v) is 13.8. The molecule has 0 radical (unpaired) electrons. The Bertz CT molecular complexity index is 1190. The average molecular weight is 509 g/mol. The summed E-state index contributed by atoms with van der Waals surface area (Å²) in [4.78, 5) is 17.7. The van der Waals surface area contributed by atoms with Crippen LogP contribution in [0.25, 0.3) is 11.3 Å². The van der Waals surface area contributed by atoms with Crippen molar-refractivity contribution < 1.29 is 22.7 Å². The molecule has 0 N–H and O–H groups in total. The molecule has 1 unspecified atom stereocenters. The molecule has 2 fully saturated rings. The Morgan fingerprint density at radius 1 is 1.26 bits per heavy atom. The van der Waals surface area contributed by atoms with Gasteiger partial charge in [-0.2, -0.15) is 5.10 Å². The number of rotatable bonds is 5. The number of nitrogens with zero attached hydrogens (tertiary/aromatic N) is 4. The lowest BCUT2D eigenvalue weighted by Gasteiger charge is -2.33. The van der Waals surface area contributed by atoms with Crippen LogP contribution in [0.15, 0.2) is 23.1 Å². The van der Waals surface area contributed by atoms with E-state index in [2.05, 4.69) is 4.90 Å². The van der Waals surface area contributed by atoms with Crippen molar-refractivity contribution in [3.8, 4) is 17.0 Å². The van der Waals surface area contributed by atoms with E-state index in [-0.39, 0.29) is 28.3 Å². The molecule has 2 saturated heterocycles. The Labute approximate surface area is 204 Å². The highest BCUT2D eigenvalue weighted by atomic mass is 35.5. The Hall–Kier alpha value is -2.14. The molecule has 0 saturated carbocycles. The third-order valence-corrected chi connectivity index (χ3v) is 8.72. The second kappa shape index (κ2) is 9.49. The molecule has 5 rings (SSSR count). The number of carbonyl (C=O) groups is 1. The third kappa shape index (κ3) is 4.10. The number of sulfone groups is 1. The molecular formula is C23H29ClN4O5S. The molecule has 4 heterocycles. The highest BCUT2D eigenvalue weighted by Gasteiger charge is 2.40. The molecule has 0 bridgehead atoms. The fraction of sp³-hybridized carbons (Fsp3) is 0.565. The van der Waals surface area contributed by atoms with Crippen LogP contribution in [0, 0.1) is 0 Å². The van der Waals surface area contributed by atoms with Crippen molar-refractivity contribution in [1.82, 2.24) is 19.6 Å². The molecule has 1 aromatic carbocycles. The van der Waals surface area contributed by atoms with E-state index < -0.39 is 9.84 Å². The van der Waals surface area contributed by atoms with Gasteiger partial charge in [0.2, 0.25) is 0 Å². The molecule has 0 aliphatic carbocycles. The molecule has 0 spiro atoms. The van der Waals surface area contributed by atoms with Crippen LogP contribution in [-0.4, -0.2) is 92.8 Å². The van der Waals surface area contributed by atoms with Gasteiger partial charge in [-0.3, -0.25) is 9.48 Å². The Morgan fingerprint density at radius 2 is 2.06 bits per heavy atom. The first-order valence-electron chi connectivity index (χ1n) is 11.6. The minimum atomic E-state index is -3.72.